The Hall–Kier alpha value is -1.86. The summed E-state index contributed by atoms with van der Waals surface area (Å²) in [6.45, 7) is 4.94. The van der Waals surface area contributed by atoms with E-state index < -0.39 is 6.43 Å². The van der Waals surface area contributed by atoms with Crippen LogP contribution in [0.4, 0.5) is 8.78 Å². The minimum absolute atomic E-state index is 0.235. The van der Waals surface area contributed by atoms with Gasteiger partial charge in [0.2, 0.25) is 0 Å². The van der Waals surface area contributed by atoms with Crippen LogP contribution in [0.15, 0.2) is 30.9 Å². The van der Waals surface area contributed by atoms with Crippen LogP contribution in [-0.4, -0.2) is 45.6 Å². The molecule has 1 fully saturated rings. The van der Waals surface area contributed by atoms with E-state index in [1.807, 2.05) is 12.1 Å². The van der Waals surface area contributed by atoms with Crippen LogP contribution < -0.4 is 5.32 Å². The highest BCUT2D eigenvalue weighted by Gasteiger charge is 2.12. The van der Waals surface area contributed by atoms with Crippen LogP contribution in [0.5, 0.6) is 0 Å². The average molecular weight is 293 g/mol. The van der Waals surface area contributed by atoms with Gasteiger partial charge in [-0.15, -0.1) is 0 Å². The second-order valence-electron chi connectivity index (χ2n) is 5.06. The molecule has 0 spiro atoms. The third kappa shape index (κ3) is 3.43. The van der Waals surface area contributed by atoms with Crippen LogP contribution in [0.3, 0.4) is 0 Å². The van der Waals surface area contributed by atoms with Crippen molar-refractivity contribution < 1.29 is 8.78 Å². The summed E-state index contributed by atoms with van der Waals surface area (Å²) in [7, 11) is 0. The Labute approximate surface area is 121 Å². The van der Waals surface area contributed by atoms with Crippen molar-refractivity contribution in [3.63, 3.8) is 0 Å². The van der Waals surface area contributed by atoms with Crippen molar-refractivity contribution in [3.8, 4) is 5.82 Å². The molecular weight excluding hydrogens is 276 g/mol. The summed E-state index contributed by atoms with van der Waals surface area (Å²) in [6.07, 6.45) is 1.90. The first kappa shape index (κ1) is 14.1. The summed E-state index contributed by atoms with van der Waals surface area (Å²) in [5.74, 6) is 0.596. The molecule has 7 heteroatoms. The maximum Gasteiger partial charge on any atom is 0.281 e. The number of nitrogens with zero attached hydrogens (tertiary/aromatic N) is 4. The second kappa shape index (κ2) is 6.28. The summed E-state index contributed by atoms with van der Waals surface area (Å²) in [5, 5.41) is 3.31. The second-order valence-corrected chi connectivity index (χ2v) is 5.06. The molecule has 0 bridgehead atoms. The molecule has 112 valence electrons. The van der Waals surface area contributed by atoms with E-state index in [4.69, 9.17) is 0 Å². The molecule has 21 heavy (non-hydrogen) atoms. The van der Waals surface area contributed by atoms with Gasteiger partial charge in [-0.1, -0.05) is 6.07 Å². The molecule has 0 radical (unpaired) electrons. The molecule has 5 nitrogen and oxygen atoms in total. The Morgan fingerprint density at radius 2 is 2.00 bits per heavy atom. The highest BCUT2D eigenvalue weighted by Crippen LogP contribution is 2.17. The first-order valence-corrected chi connectivity index (χ1v) is 6.93. The Morgan fingerprint density at radius 3 is 2.62 bits per heavy atom. The Balaban J connectivity index is 1.68. The maximum absolute atomic E-state index is 12.5. The molecule has 3 heterocycles. The third-order valence-electron chi connectivity index (χ3n) is 3.52. The van der Waals surface area contributed by atoms with Gasteiger partial charge < -0.3 is 5.32 Å². The van der Waals surface area contributed by atoms with Gasteiger partial charge in [-0.3, -0.25) is 9.47 Å². The van der Waals surface area contributed by atoms with Gasteiger partial charge in [0.05, 0.1) is 0 Å². The fourth-order valence-corrected chi connectivity index (χ4v) is 2.37. The van der Waals surface area contributed by atoms with Crippen LogP contribution in [0, 0.1) is 0 Å². The van der Waals surface area contributed by atoms with Crippen molar-refractivity contribution in [1.29, 1.82) is 0 Å². The lowest BCUT2D eigenvalue weighted by Crippen LogP contribution is -2.42. The van der Waals surface area contributed by atoms with Gasteiger partial charge in [0.25, 0.3) is 6.43 Å². The van der Waals surface area contributed by atoms with Gasteiger partial charge in [-0.05, 0) is 11.6 Å². The van der Waals surface area contributed by atoms with Crippen LogP contribution in [0.25, 0.3) is 5.82 Å². The molecule has 3 rings (SSSR count). The van der Waals surface area contributed by atoms with Gasteiger partial charge in [0.15, 0.2) is 0 Å². The highest BCUT2D eigenvalue weighted by molar-refractivity contribution is 5.26. The Bertz CT molecular complexity index is 575. The number of nitrogens with one attached hydrogen (secondary N) is 1. The van der Waals surface area contributed by atoms with E-state index in [0.717, 1.165) is 38.3 Å². The van der Waals surface area contributed by atoms with Gasteiger partial charge in [0.1, 0.15) is 17.8 Å². The summed E-state index contributed by atoms with van der Waals surface area (Å²) in [6, 6.07) is 3.81. The van der Waals surface area contributed by atoms with Crippen molar-refractivity contribution in [1.82, 2.24) is 24.8 Å². The highest BCUT2D eigenvalue weighted by atomic mass is 19.3. The fourth-order valence-electron chi connectivity index (χ4n) is 2.37. The number of imidazole rings is 1. The molecule has 1 aliphatic heterocycles. The summed E-state index contributed by atoms with van der Waals surface area (Å²) in [5.41, 5.74) is 0.886. The largest absolute Gasteiger partial charge is 0.314 e. The molecule has 0 atom stereocenters. The lowest BCUT2D eigenvalue weighted by Gasteiger charge is -2.27. The molecule has 1 N–H and O–H groups in total. The predicted molar refractivity (Wildman–Crippen MR) is 74.5 cm³/mol. The number of alkyl halides is 2. The molecule has 0 amide bonds. The molecular formula is C14H17F2N5. The van der Waals surface area contributed by atoms with Crippen LogP contribution in [0.1, 0.15) is 17.7 Å². The fraction of sp³-hybridized carbons (Fsp3) is 0.429. The van der Waals surface area contributed by atoms with Crippen LogP contribution in [-0.2, 0) is 6.54 Å². The van der Waals surface area contributed by atoms with Gasteiger partial charge in [-0.2, -0.15) is 0 Å². The average Bonchev–Trinajstić information content (AvgIpc) is 2.99. The summed E-state index contributed by atoms with van der Waals surface area (Å²) >= 11 is 0. The summed E-state index contributed by atoms with van der Waals surface area (Å²) in [4.78, 5) is 10.3. The summed E-state index contributed by atoms with van der Waals surface area (Å²) < 4.78 is 26.5. The maximum atomic E-state index is 12.5. The SMILES string of the molecule is FC(F)c1cn(-c2ccc(CN3CCNCC3)cn2)cn1. The minimum atomic E-state index is -2.56. The van der Waals surface area contributed by atoms with Gasteiger partial charge in [-0.25, -0.2) is 18.7 Å². The van der Waals surface area contributed by atoms with Gasteiger partial charge in [0, 0.05) is 45.1 Å². The van der Waals surface area contributed by atoms with Crippen molar-refractivity contribution in [3.05, 3.63) is 42.1 Å². The number of rotatable bonds is 4. The van der Waals surface area contributed by atoms with Crippen molar-refractivity contribution in [2.75, 3.05) is 26.2 Å². The number of hydrogen-bond acceptors (Lipinski definition) is 4. The third-order valence-corrected chi connectivity index (χ3v) is 3.52. The number of hydrogen-bond donors (Lipinski definition) is 1. The number of piperazine rings is 1. The number of pyridine rings is 1. The van der Waals surface area contributed by atoms with Gasteiger partial charge >= 0.3 is 0 Å². The van der Waals surface area contributed by atoms with Crippen molar-refractivity contribution in [2.45, 2.75) is 13.0 Å². The predicted octanol–water partition coefficient (Wildman–Crippen LogP) is 1.61. The number of aromatic nitrogens is 3. The Kier molecular flexibility index (Phi) is 4.21. The lowest BCUT2D eigenvalue weighted by atomic mass is 10.2. The normalized spacial score (nSPS) is 16.5. The van der Waals surface area contributed by atoms with E-state index in [-0.39, 0.29) is 5.69 Å². The lowest BCUT2D eigenvalue weighted by molar-refractivity contribution is 0.146. The standard InChI is InChI=1S/C14H17F2N5/c15-14(16)12-9-21(10-19-12)13-2-1-11(7-18-13)8-20-5-3-17-4-6-20/h1-2,7,9-10,14,17H,3-6,8H2. The van der Waals surface area contributed by atoms with Crippen molar-refractivity contribution >= 4 is 0 Å². The molecule has 1 aliphatic rings. The van der Waals surface area contributed by atoms with E-state index in [0.29, 0.717) is 5.82 Å². The van der Waals surface area contributed by atoms with Crippen LogP contribution in [0.2, 0.25) is 0 Å². The first-order valence-electron chi connectivity index (χ1n) is 6.93. The van der Waals surface area contributed by atoms with E-state index >= 15 is 0 Å². The van der Waals surface area contributed by atoms with Crippen molar-refractivity contribution in [2.24, 2.45) is 0 Å². The zero-order valence-electron chi connectivity index (χ0n) is 11.5. The first-order chi connectivity index (χ1) is 10.2. The van der Waals surface area contributed by atoms with E-state index in [1.54, 1.807) is 6.20 Å². The topological polar surface area (TPSA) is 46.0 Å². The molecule has 0 saturated carbocycles. The van der Waals surface area contributed by atoms with E-state index in [1.165, 1.54) is 17.1 Å². The Morgan fingerprint density at radius 1 is 1.19 bits per heavy atom. The van der Waals surface area contributed by atoms with Crippen LogP contribution >= 0.6 is 0 Å². The zero-order chi connectivity index (χ0) is 14.7. The zero-order valence-corrected chi connectivity index (χ0v) is 11.5. The van der Waals surface area contributed by atoms with E-state index in [2.05, 4.69) is 20.2 Å². The molecule has 0 unspecified atom stereocenters. The number of halogens is 2. The molecule has 0 aromatic carbocycles. The molecule has 2 aromatic rings. The molecule has 0 aliphatic carbocycles. The van der Waals surface area contributed by atoms with E-state index in [9.17, 15) is 8.78 Å². The monoisotopic (exact) mass is 293 g/mol. The quantitative estimate of drug-likeness (QED) is 0.930. The molecule has 2 aromatic heterocycles. The minimum Gasteiger partial charge on any atom is -0.314 e. The molecule has 1 saturated heterocycles. The smallest absolute Gasteiger partial charge is 0.281 e.